The molecule has 1 unspecified atom stereocenters. The normalized spacial score (nSPS) is 12.3. The van der Waals surface area contributed by atoms with Crippen LogP contribution < -0.4 is 0 Å². The lowest BCUT2D eigenvalue weighted by Gasteiger charge is -2.08. The van der Waals surface area contributed by atoms with E-state index in [0.717, 1.165) is 12.8 Å². The molecule has 0 aliphatic heterocycles. The highest BCUT2D eigenvalue weighted by Gasteiger charge is 2.14. The minimum atomic E-state index is -0.112. The van der Waals surface area contributed by atoms with Crippen LogP contribution in [0.25, 0.3) is 0 Å². The molecule has 0 spiro atoms. The van der Waals surface area contributed by atoms with Crippen molar-refractivity contribution in [1.29, 1.82) is 0 Å². The second kappa shape index (κ2) is 20.3. The number of rotatable bonds is 19. The van der Waals surface area contributed by atoms with Gasteiger partial charge in [-0.15, -0.1) is 0 Å². The summed E-state index contributed by atoms with van der Waals surface area (Å²) in [6.07, 6.45) is 23.0. The number of ether oxygens (including phenoxy) is 1. The van der Waals surface area contributed by atoms with Crippen LogP contribution in [0.5, 0.6) is 0 Å². The summed E-state index contributed by atoms with van der Waals surface area (Å²) in [5.41, 5.74) is 0. The zero-order chi connectivity index (χ0) is 18.6. The van der Waals surface area contributed by atoms with Gasteiger partial charge in [-0.1, -0.05) is 126 Å². The molecule has 0 radical (unpaired) electrons. The molecule has 3 heteroatoms. The van der Waals surface area contributed by atoms with E-state index in [1.807, 2.05) is 6.92 Å². The van der Waals surface area contributed by atoms with Gasteiger partial charge in [0.05, 0.1) is 6.61 Å². The van der Waals surface area contributed by atoms with E-state index in [1.165, 1.54) is 96.3 Å². The van der Waals surface area contributed by atoms with Gasteiger partial charge < -0.3 is 4.74 Å². The summed E-state index contributed by atoms with van der Waals surface area (Å²) in [5, 5.41) is 0. The van der Waals surface area contributed by atoms with Crippen LogP contribution >= 0.6 is 15.9 Å². The van der Waals surface area contributed by atoms with Crippen molar-refractivity contribution >= 4 is 21.9 Å². The predicted octanol–water partition coefficient (Wildman–Crippen LogP) is 7.96. The van der Waals surface area contributed by atoms with Crippen LogP contribution in [0.4, 0.5) is 0 Å². The Morgan fingerprint density at radius 3 is 1.40 bits per heavy atom. The van der Waals surface area contributed by atoms with Gasteiger partial charge in [0, 0.05) is 0 Å². The minimum absolute atomic E-state index is 0.108. The lowest BCUT2D eigenvalue weighted by Crippen LogP contribution is -2.17. The van der Waals surface area contributed by atoms with Gasteiger partial charge in [-0.25, -0.2) is 0 Å². The van der Waals surface area contributed by atoms with E-state index < -0.39 is 0 Å². The Labute approximate surface area is 166 Å². The van der Waals surface area contributed by atoms with Crippen LogP contribution in [0.2, 0.25) is 0 Å². The Balaban J connectivity index is 3.13. The summed E-state index contributed by atoms with van der Waals surface area (Å²) in [5.74, 6) is -0.108. The van der Waals surface area contributed by atoms with Crippen molar-refractivity contribution in [2.75, 3.05) is 6.61 Å². The lowest BCUT2D eigenvalue weighted by molar-refractivity contribution is -0.142. The van der Waals surface area contributed by atoms with Crippen molar-refractivity contribution in [2.45, 2.75) is 128 Å². The smallest absolute Gasteiger partial charge is 0.319 e. The van der Waals surface area contributed by atoms with Gasteiger partial charge >= 0.3 is 5.97 Å². The molecule has 2 nitrogen and oxygen atoms in total. The summed E-state index contributed by atoms with van der Waals surface area (Å²) in [7, 11) is 0. The number of unbranched alkanes of at least 4 members (excludes halogenated alkanes) is 15. The molecule has 0 saturated heterocycles. The quantitative estimate of drug-likeness (QED) is 0.121. The Hall–Kier alpha value is -0.0500. The molecule has 0 fully saturated rings. The van der Waals surface area contributed by atoms with Crippen molar-refractivity contribution in [1.82, 2.24) is 0 Å². The third-order valence-corrected chi connectivity index (χ3v) is 5.69. The van der Waals surface area contributed by atoms with Gasteiger partial charge in [0.2, 0.25) is 0 Å². The third kappa shape index (κ3) is 18.5. The van der Waals surface area contributed by atoms with Gasteiger partial charge in [0.25, 0.3) is 0 Å². The van der Waals surface area contributed by atoms with Crippen LogP contribution in [0.3, 0.4) is 0 Å². The van der Waals surface area contributed by atoms with Gasteiger partial charge in [0.1, 0.15) is 4.83 Å². The molecular weight excluding hydrogens is 376 g/mol. The fourth-order valence-corrected chi connectivity index (χ4v) is 3.68. The minimum Gasteiger partial charge on any atom is -0.465 e. The van der Waals surface area contributed by atoms with E-state index in [9.17, 15) is 4.79 Å². The number of carbonyl (C=O) groups excluding carboxylic acids is 1. The Kier molecular flexibility index (Phi) is 20.2. The highest BCUT2D eigenvalue weighted by atomic mass is 79.9. The standard InChI is InChI=1S/C22H43BrO2/c1-3-5-6-7-8-9-10-11-12-13-14-15-16-17-18-19-20-21(23)22(24)25-4-2/h21H,3-20H2,1-2H3. The Morgan fingerprint density at radius 2 is 1.04 bits per heavy atom. The maximum absolute atomic E-state index is 11.5. The van der Waals surface area contributed by atoms with E-state index in [2.05, 4.69) is 22.9 Å². The monoisotopic (exact) mass is 418 g/mol. The number of esters is 1. The second-order valence-corrected chi connectivity index (χ2v) is 8.42. The first-order valence-electron chi connectivity index (χ1n) is 11.0. The first-order chi connectivity index (χ1) is 12.2. The molecule has 0 saturated carbocycles. The topological polar surface area (TPSA) is 26.3 Å². The molecule has 0 N–H and O–H groups in total. The molecule has 0 amide bonds. The molecule has 25 heavy (non-hydrogen) atoms. The maximum atomic E-state index is 11.5. The van der Waals surface area contributed by atoms with E-state index >= 15 is 0 Å². The molecule has 0 aliphatic carbocycles. The van der Waals surface area contributed by atoms with E-state index in [-0.39, 0.29) is 10.8 Å². The van der Waals surface area contributed by atoms with Crippen LogP contribution in [0, 0.1) is 0 Å². The second-order valence-electron chi connectivity index (χ2n) is 7.31. The van der Waals surface area contributed by atoms with Gasteiger partial charge in [0.15, 0.2) is 0 Å². The fraction of sp³-hybridized carbons (Fsp3) is 0.955. The number of halogens is 1. The molecule has 0 heterocycles. The molecule has 0 aromatic carbocycles. The Bertz CT molecular complexity index is 281. The van der Waals surface area contributed by atoms with Gasteiger partial charge in [-0.3, -0.25) is 4.79 Å². The third-order valence-electron chi connectivity index (χ3n) is 4.85. The zero-order valence-corrected chi connectivity index (χ0v) is 18.6. The molecule has 0 aliphatic rings. The molecular formula is C22H43BrO2. The van der Waals surface area contributed by atoms with Crippen LogP contribution in [-0.4, -0.2) is 17.4 Å². The number of alkyl halides is 1. The summed E-state index contributed by atoms with van der Waals surface area (Å²) in [4.78, 5) is 11.4. The largest absolute Gasteiger partial charge is 0.465 e. The highest BCUT2D eigenvalue weighted by Crippen LogP contribution is 2.16. The number of carbonyl (C=O) groups is 1. The number of hydrogen-bond acceptors (Lipinski definition) is 2. The summed E-state index contributed by atoms with van der Waals surface area (Å²) in [6, 6.07) is 0. The van der Waals surface area contributed by atoms with Crippen molar-refractivity contribution in [2.24, 2.45) is 0 Å². The van der Waals surface area contributed by atoms with E-state index in [0.29, 0.717) is 6.61 Å². The van der Waals surface area contributed by atoms with Crippen molar-refractivity contribution in [3.8, 4) is 0 Å². The van der Waals surface area contributed by atoms with Crippen molar-refractivity contribution in [3.05, 3.63) is 0 Å². The van der Waals surface area contributed by atoms with E-state index in [1.54, 1.807) is 0 Å². The van der Waals surface area contributed by atoms with Gasteiger partial charge in [-0.2, -0.15) is 0 Å². The van der Waals surface area contributed by atoms with Crippen molar-refractivity contribution < 1.29 is 9.53 Å². The molecule has 0 aromatic rings. The average molecular weight is 419 g/mol. The molecule has 0 bridgehead atoms. The molecule has 0 aromatic heterocycles. The SMILES string of the molecule is CCCCCCCCCCCCCCCCCCC(Br)C(=O)OCC. The first kappa shape index (κ1) is 24.9. The molecule has 150 valence electrons. The predicted molar refractivity (Wildman–Crippen MR) is 114 cm³/mol. The summed E-state index contributed by atoms with van der Waals surface area (Å²) >= 11 is 3.41. The highest BCUT2D eigenvalue weighted by molar-refractivity contribution is 9.10. The zero-order valence-electron chi connectivity index (χ0n) is 17.0. The fourth-order valence-electron chi connectivity index (χ4n) is 3.22. The van der Waals surface area contributed by atoms with Crippen LogP contribution in [-0.2, 0) is 9.53 Å². The maximum Gasteiger partial charge on any atom is 0.319 e. The number of hydrogen-bond donors (Lipinski definition) is 0. The van der Waals surface area contributed by atoms with Crippen molar-refractivity contribution in [3.63, 3.8) is 0 Å². The van der Waals surface area contributed by atoms with E-state index in [4.69, 9.17) is 4.74 Å². The van der Waals surface area contributed by atoms with Crippen LogP contribution in [0.1, 0.15) is 123 Å². The first-order valence-corrected chi connectivity index (χ1v) is 11.9. The molecule has 1 atom stereocenters. The molecule has 0 rings (SSSR count). The Morgan fingerprint density at radius 1 is 0.680 bits per heavy atom. The average Bonchev–Trinajstić information content (AvgIpc) is 2.61. The lowest BCUT2D eigenvalue weighted by atomic mass is 10.0. The van der Waals surface area contributed by atoms with Crippen LogP contribution in [0.15, 0.2) is 0 Å². The van der Waals surface area contributed by atoms with Gasteiger partial charge in [-0.05, 0) is 13.3 Å². The summed E-state index contributed by atoms with van der Waals surface area (Å²) < 4.78 is 5.00. The summed E-state index contributed by atoms with van der Waals surface area (Å²) in [6.45, 7) is 4.61.